The molecular weight excluding hydrogens is 272 g/mol. The molecule has 0 fully saturated rings. The van der Waals surface area contributed by atoms with Gasteiger partial charge in [-0.2, -0.15) is 0 Å². The number of esters is 1. The molecule has 0 atom stereocenters. The summed E-state index contributed by atoms with van der Waals surface area (Å²) in [5.74, 6) is 0.223. The molecule has 6 heteroatoms. The van der Waals surface area contributed by atoms with Crippen molar-refractivity contribution >= 4 is 17.9 Å². The zero-order valence-corrected chi connectivity index (χ0v) is 11.6. The van der Waals surface area contributed by atoms with Gasteiger partial charge in [0.05, 0.1) is 12.7 Å². The zero-order chi connectivity index (χ0) is 15.2. The lowest BCUT2D eigenvalue weighted by Gasteiger charge is -2.06. The SMILES string of the molecule is COC(=O)c1ccc(NC(=O)Oc2ccc(C)cc2)nc1. The summed E-state index contributed by atoms with van der Waals surface area (Å²) in [4.78, 5) is 26.8. The van der Waals surface area contributed by atoms with Crippen LogP contribution in [0.2, 0.25) is 0 Å². The molecule has 1 heterocycles. The number of aryl methyl sites for hydroxylation is 1. The van der Waals surface area contributed by atoms with E-state index in [-0.39, 0.29) is 5.82 Å². The topological polar surface area (TPSA) is 77.5 Å². The lowest BCUT2D eigenvalue weighted by Crippen LogP contribution is -2.17. The Morgan fingerprint density at radius 3 is 2.38 bits per heavy atom. The highest BCUT2D eigenvalue weighted by Crippen LogP contribution is 2.13. The molecule has 108 valence electrons. The number of hydrogen-bond acceptors (Lipinski definition) is 5. The van der Waals surface area contributed by atoms with Crippen LogP contribution >= 0.6 is 0 Å². The van der Waals surface area contributed by atoms with Crippen LogP contribution in [-0.4, -0.2) is 24.2 Å². The smallest absolute Gasteiger partial charge is 0.418 e. The van der Waals surface area contributed by atoms with Crippen LogP contribution in [0, 0.1) is 6.92 Å². The van der Waals surface area contributed by atoms with Crippen LogP contribution in [0.3, 0.4) is 0 Å². The molecule has 0 unspecified atom stereocenters. The first-order valence-electron chi connectivity index (χ1n) is 6.18. The Kier molecular flexibility index (Phi) is 4.50. The van der Waals surface area contributed by atoms with E-state index in [1.54, 1.807) is 12.1 Å². The summed E-state index contributed by atoms with van der Waals surface area (Å²) in [6.07, 6.45) is 0.657. The van der Waals surface area contributed by atoms with Gasteiger partial charge in [-0.3, -0.25) is 5.32 Å². The van der Waals surface area contributed by atoms with Crippen molar-refractivity contribution in [3.05, 3.63) is 53.7 Å². The van der Waals surface area contributed by atoms with Crippen LogP contribution in [0.1, 0.15) is 15.9 Å². The first-order chi connectivity index (χ1) is 10.1. The number of carbonyl (C=O) groups excluding carboxylic acids is 2. The predicted molar refractivity (Wildman–Crippen MR) is 76.4 cm³/mol. The van der Waals surface area contributed by atoms with Crippen LogP contribution in [0.25, 0.3) is 0 Å². The minimum atomic E-state index is -0.655. The van der Waals surface area contributed by atoms with Gasteiger partial charge < -0.3 is 9.47 Å². The van der Waals surface area contributed by atoms with E-state index in [2.05, 4.69) is 15.0 Å². The van der Waals surface area contributed by atoms with E-state index in [0.29, 0.717) is 11.3 Å². The molecule has 0 spiro atoms. The van der Waals surface area contributed by atoms with Crippen molar-refractivity contribution in [1.82, 2.24) is 4.98 Å². The van der Waals surface area contributed by atoms with Gasteiger partial charge in [0.15, 0.2) is 0 Å². The third-order valence-electron chi connectivity index (χ3n) is 2.65. The number of ether oxygens (including phenoxy) is 2. The minimum Gasteiger partial charge on any atom is -0.465 e. The van der Waals surface area contributed by atoms with Crippen LogP contribution < -0.4 is 10.1 Å². The highest BCUT2D eigenvalue weighted by molar-refractivity contribution is 5.90. The second-order valence-electron chi connectivity index (χ2n) is 4.25. The van der Waals surface area contributed by atoms with Crippen molar-refractivity contribution < 1.29 is 19.1 Å². The average Bonchev–Trinajstić information content (AvgIpc) is 2.49. The molecule has 0 aliphatic carbocycles. The van der Waals surface area contributed by atoms with Gasteiger partial charge in [0.2, 0.25) is 0 Å². The molecular formula is C15H14N2O4. The lowest BCUT2D eigenvalue weighted by atomic mass is 10.2. The molecule has 1 aromatic heterocycles. The van der Waals surface area contributed by atoms with Crippen LogP contribution in [0.4, 0.5) is 10.6 Å². The summed E-state index contributed by atoms with van der Waals surface area (Å²) < 4.78 is 9.65. The maximum atomic E-state index is 11.7. The number of anilines is 1. The number of pyridine rings is 1. The normalized spacial score (nSPS) is 9.81. The Balaban J connectivity index is 1.96. The lowest BCUT2D eigenvalue weighted by molar-refractivity contribution is 0.0600. The van der Waals surface area contributed by atoms with Crippen molar-refractivity contribution in [2.24, 2.45) is 0 Å². The van der Waals surface area contributed by atoms with Gasteiger partial charge >= 0.3 is 12.1 Å². The molecule has 0 saturated heterocycles. The number of aromatic nitrogens is 1. The van der Waals surface area contributed by atoms with Gasteiger partial charge in [-0.05, 0) is 31.2 Å². The molecule has 0 aliphatic heterocycles. The fourth-order valence-corrected chi connectivity index (χ4v) is 1.55. The first kappa shape index (κ1) is 14.5. The number of carbonyl (C=O) groups is 2. The molecule has 2 aromatic rings. The van der Waals surface area contributed by atoms with E-state index in [0.717, 1.165) is 5.56 Å². The number of nitrogens with one attached hydrogen (secondary N) is 1. The minimum absolute atomic E-state index is 0.278. The third-order valence-corrected chi connectivity index (χ3v) is 2.65. The molecule has 2 rings (SSSR count). The average molecular weight is 286 g/mol. The zero-order valence-electron chi connectivity index (χ0n) is 11.6. The van der Waals surface area contributed by atoms with Crippen molar-refractivity contribution in [2.75, 3.05) is 12.4 Å². The molecule has 0 aliphatic rings. The Bertz CT molecular complexity index is 636. The summed E-state index contributed by atoms with van der Waals surface area (Å²) in [6, 6.07) is 10.1. The predicted octanol–water partition coefficient (Wildman–Crippen LogP) is 2.79. The van der Waals surface area contributed by atoms with E-state index in [9.17, 15) is 9.59 Å². The Hall–Kier alpha value is -2.89. The van der Waals surface area contributed by atoms with Gasteiger partial charge in [-0.15, -0.1) is 0 Å². The number of hydrogen-bond donors (Lipinski definition) is 1. The maximum Gasteiger partial charge on any atom is 0.418 e. The van der Waals surface area contributed by atoms with Crippen LogP contribution in [-0.2, 0) is 4.74 Å². The molecule has 1 N–H and O–H groups in total. The largest absolute Gasteiger partial charge is 0.465 e. The molecule has 21 heavy (non-hydrogen) atoms. The van der Waals surface area contributed by atoms with Gasteiger partial charge in [-0.25, -0.2) is 14.6 Å². The van der Waals surface area contributed by atoms with Gasteiger partial charge in [0.25, 0.3) is 0 Å². The fourth-order valence-electron chi connectivity index (χ4n) is 1.55. The van der Waals surface area contributed by atoms with E-state index in [4.69, 9.17) is 4.74 Å². The molecule has 6 nitrogen and oxygen atoms in total. The van der Waals surface area contributed by atoms with Crippen LogP contribution in [0.15, 0.2) is 42.6 Å². The second-order valence-corrected chi connectivity index (χ2v) is 4.25. The Morgan fingerprint density at radius 2 is 1.81 bits per heavy atom. The molecule has 0 saturated carbocycles. The van der Waals surface area contributed by atoms with E-state index >= 15 is 0 Å². The number of nitrogens with zero attached hydrogens (tertiary/aromatic N) is 1. The highest BCUT2D eigenvalue weighted by Gasteiger charge is 2.08. The van der Waals surface area contributed by atoms with E-state index in [1.807, 2.05) is 19.1 Å². The standard InChI is InChI=1S/C15H14N2O4/c1-10-3-6-12(7-4-10)21-15(19)17-13-8-5-11(9-16-13)14(18)20-2/h3-9H,1-2H3,(H,16,17,19). The fraction of sp³-hybridized carbons (Fsp3) is 0.133. The van der Waals surface area contributed by atoms with Crippen LogP contribution in [0.5, 0.6) is 5.75 Å². The van der Waals surface area contributed by atoms with Crippen molar-refractivity contribution in [3.63, 3.8) is 0 Å². The third kappa shape index (κ3) is 4.04. The quantitative estimate of drug-likeness (QED) is 0.878. The summed E-state index contributed by atoms with van der Waals surface area (Å²) >= 11 is 0. The number of rotatable bonds is 3. The number of methoxy groups -OCH3 is 1. The number of benzene rings is 1. The summed E-state index contributed by atoms with van der Waals surface area (Å²) in [5.41, 5.74) is 1.37. The van der Waals surface area contributed by atoms with Crippen molar-refractivity contribution in [2.45, 2.75) is 6.92 Å². The summed E-state index contributed by atoms with van der Waals surface area (Å²) in [5, 5.41) is 2.46. The highest BCUT2D eigenvalue weighted by atomic mass is 16.6. The summed E-state index contributed by atoms with van der Waals surface area (Å²) in [7, 11) is 1.29. The van der Waals surface area contributed by atoms with Crippen molar-refractivity contribution in [1.29, 1.82) is 0 Å². The Labute approximate surface area is 121 Å². The van der Waals surface area contributed by atoms with Gasteiger partial charge in [0, 0.05) is 6.20 Å². The van der Waals surface area contributed by atoms with E-state index < -0.39 is 12.1 Å². The number of amides is 1. The maximum absolute atomic E-state index is 11.7. The molecule has 0 bridgehead atoms. The van der Waals surface area contributed by atoms with E-state index in [1.165, 1.54) is 25.4 Å². The van der Waals surface area contributed by atoms with Gasteiger partial charge in [-0.1, -0.05) is 17.7 Å². The summed E-state index contributed by atoms with van der Waals surface area (Å²) in [6.45, 7) is 1.94. The monoisotopic (exact) mass is 286 g/mol. The first-order valence-corrected chi connectivity index (χ1v) is 6.18. The molecule has 0 radical (unpaired) electrons. The van der Waals surface area contributed by atoms with Crippen molar-refractivity contribution in [3.8, 4) is 5.75 Å². The van der Waals surface area contributed by atoms with Gasteiger partial charge in [0.1, 0.15) is 11.6 Å². The second kappa shape index (κ2) is 6.51. The molecule has 1 aromatic carbocycles. The Morgan fingerprint density at radius 1 is 1.10 bits per heavy atom. The molecule has 1 amide bonds.